The predicted octanol–water partition coefficient (Wildman–Crippen LogP) is 1.80. The average Bonchev–Trinajstić information content (AvgIpc) is 3.61. The van der Waals surface area contributed by atoms with Crippen LogP contribution in [0, 0.1) is 0 Å². The molecule has 0 bridgehead atoms. The van der Waals surface area contributed by atoms with Gasteiger partial charge in [0.25, 0.3) is 11.5 Å². The fourth-order valence-electron chi connectivity index (χ4n) is 4.35. The highest BCUT2D eigenvalue weighted by Crippen LogP contribution is 2.45. The number of aromatic nitrogens is 4. The second-order valence-electron chi connectivity index (χ2n) is 8.63. The van der Waals surface area contributed by atoms with Crippen LogP contribution >= 0.6 is 0 Å². The van der Waals surface area contributed by atoms with Crippen molar-refractivity contribution in [3.63, 3.8) is 0 Å². The Morgan fingerprint density at radius 3 is 2.74 bits per heavy atom. The first-order chi connectivity index (χ1) is 16.6. The summed E-state index contributed by atoms with van der Waals surface area (Å²) in [7, 11) is 0. The molecule has 1 atom stereocenters. The van der Waals surface area contributed by atoms with E-state index in [4.69, 9.17) is 0 Å². The zero-order valence-corrected chi connectivity index (χ0v) is 19.0. The molecule has 1 unspecified atom stereocenters. The van der Waals surface area contributed by atoms with E-state index in [2.05, 4.69) is 30.5 Å². The van der Waals surface area contributed by atoms with Crippen LogP contribution in [0.1, 0.15) is 54.0 Å². The summed E-state index contributed by atoms with van der Waals surface area (Å²) in [6.07, 6.45) is 8.12. The van der Waals surface area contributed by atoms with Crippen molar-refractivity contribution in [1.82, 2.24) is 24.8 Å². The van der Waals surface area contributed by atoms with Crippen LogP contribution in [0.25, 0.3) is 0 Å². The van der Waals surface area contributed by atoms with Gasteiger partial charge in [-0.3, -0.25) is 29.1 Å². The van der Waals surface area contributed by atoms with Crippen molar-refractivity contribution in [2.75, 3.05) is 16.8 Å². The number of hydrogen-bond acceptors (Lipinski definition) is 7. The highest BCUT2D eigenvalue weighted by Gasteiger charge is 2.43. The minimum atomic E-state index is -0.394. The van der Waals surface area contributed by atoms with Crippen molar-refractivity contribution >= 4 is 17.4 Å². The number of rotatable bonds is 8. The fraction of sp³-hybridized carbons (Fsp3) is 0.375. The standard InChI is InChI=1S/C24H27N7O3/c1-2-12-30-23-19(22(33)29-24(30)34)28-20(31(23)18-7-8-18)15-5-6-17(27-14-15)9-11-26-21(32)16-4-3-10-25-13-16/h3-6,10,13-14,18,20,28H,2,7-9,11-12H2,1H3,(H,26,32)(H,29,33,34). The van der Waals surface area contributed by atoms with Gasteiger partial charge in [0.15, 0.2) is 0 Å². The van der Waals surface area contributed by atoms with E-state index in [-0.39, 0.29) is 23.8 Å². The average molecular weight is 462 g/mol. The summed E-state index contributed by atoms with van der Waals surface area (Å²) in [4.78, 5) is 50.4. The van der Waals surface area contributed by atoms with Crippen molar-refractivity contribution in [3.05, 3.63) is 80.5 Å². The zero-order chi connectivity index (χ0) is 23.7. The Labute approximate surface area is 196 Å². The van der Waals surface area contributed by atoms with Crippen LogP contribution in [0.4, 0.5) is 11.5 Å². The molecule has 0 radical (unpaired) electrons. The number of H-pyrrole nitrogens is 1. The topological polar surface area (TPSA) is 125 Å². The quantitative estimate of drug-likeness (QED) is 0.467. The Kier molecular flexibility index (Phi) is 5.87. The van der Waals surface area contributed by atoms with Crippen molar-refractivity contribution in [3.8, 4) is 0 Å². The van der Waals surface area contributed by atoms with E-state index in [1.807, 2.05) is 19.1 Å². The Morgan fingerprint density at radius 2 is 2.06 bits per heavy atom. The third kappa shape index (κ3) is 4.18. The summed E-state index contributed by atoms with van der Waals surface area (Å²) in [5, 5.41) is 6.21. The molecule has 5 rings (SSSR count). The molecule has 34 heavy (non-hydrogen) atoms. The maximum atomic E-state index is 12.6. The van der Waals surface area contributed by atoms with Gasteiger partial charge in [0, 0.05) is 55.4 Å². The van der Waals surface area contributed by atoms with Gasteiger partial charge in [-0.15, -0.1) is 0 Å². The maximum absolute atomic E-state index is 12.6. The van der Waals surface area contributed by atoms with Gasteiger partial charge >= 0.3 is 5.69 Å². The molecule has 1 fully saturated rings. The van der Waals surface area contributed by atoms with Crippen molar-refractivity contribution in [2.45, 2.75) is 51.4 Å². The van der Waals surface area contributed by atoms with Crippen LogP contribution in [0.5, 0.6) is 0 Å². The molecule has 0 aromatic carbocycles. The maximum Gasteiger partial charge on any atom is 0.330 e. The number of hydrogen-bond donors (Lipinski definition) is 3. The van der Waals surface area contributed by atoms with Gasteiger partial charge in [0.1, 0.15) is 17.7 Å². The van der Waals surface area contributed by atoms with Gasteiger partial charge in [0.2, 0.25) is 0 Å². The molecule has 4 heterocycles. The van der Waals surface area contributed by atoms with Crippen LogP contribution in [-0.4, -0.2) is 38.0 Å². The molecule has 176 valence electrons. The van der Waals surface area contributed by atoms with Crippen LogP contribution in [0.15, 0.2) is 52.4 Å². The second-order valence-corrected chi connectivity index (χ2v) is 8.63. The molecule has 10 heteroatoms. The third-order valence-corrected chi connectivity index (χ3v) is 6.12. The molecule has 3 aromatic rings. The first-order valence-corrected chi connectivity index (χ1v) is 11.6. The van der Waals surface area contributed by atoms with E-state index in [1.54, 1.807) is 29.1 Å². The van der Waals surface area contributed by atoms with E-state index in [0.29, 0.717) is 36.6 Å². The number of amides is 1. The largest absolute Gasteiger partial charge is 0.354 e. The van der Waals surface area contributed by atoms with Crippen LogP contribution in [0.2, 0.25) is 0 Å². The van der Waals surface area contributed by atoms with E-state index >= 15 is 0 Å². The first-order valence-electron chi connectivity index (χ1n) is 11.6. The molecule has 1 aliphatic heterocycles. The van der Waals surface area contributed by atoms with Gasteiger partial charge in [-0.2, -0.15) is 0 Å². The van der Waals surface area contributed by atoms with Gasteiger partial charge < -0.3 is 15.5 Å². The third-order valence-electron chi connectivity index (χ3n) is 6.12. The second kappa shape index (κ2) is 9.12. The number of fused-ring (bicyclic) bond motifs is 1. The molecular weight excluding hydrogens is 434 g/mol. The molecule has 1 saturated carbocycles. The normalized spacial score (nSPS) is 16.7. The van der Waals surface area contributed by atoms with E-state index in [0.717, 1.165) is 30.5 Å². The minimum Gasteiger partial charge on any atom is -0.354 e. The molecule has 3 aromatic heterocycles. The summed E-state index contributed by atoms with van der Waals surface area (Å²) in [6.45, 7) is 3.00. The summed E-state index contributed by atoms with van der Waals surface area (Å²) in [5.74, 6) is 0.506. The molecule has 1 amide bonds. The van der Waals surface area contributed by atoms with Gasteiger partial charge in [-0.05, 0) is 37.5 Å². The Bertz CT molecular complexity index is 1300. The highest BCUT2D eigenvalue weighted by molar-refractivity contribution is 5.93. The summed E-state index contributed by atoms with van der Waals surface area (Å²) < 4.78 is 1.66. The van der Waals surface area contributed by atoms with E-state index < -0.39 is 5.56 Å². The monoisotopic (exact) mass is 461 g/mol. The number of carbonyl (C=O) groups is 1. The predicted molar refractivity (Wildman–Crippen MR) is 128 cm³/mol. The van der Waals surface area contributed by atoms with Gasteiger partial charge in [-0.1, -0.05) is 13.0 Å². The van der Waals surface area contributed by atoms with Crippen LogP contribution in [0.3, 0.4) is 0 Å². The lowest BCUT2D eigenvalue weighted by Crippen LogP contribution is -2.36. The van der Waals surface area contributed by atoms with E-state index in [1.165, 1.54) is 6.20 Å². The smallest absolute Gasteiger partial charge is 0.330 e. The Morgan fingerprint density at radius 1 is 1.21 bits per heavy atom. The SMILES string of the molecule is CCCn1c2c(c(=O)[nH]c1=O)NC(c1ccc(CCNC(=O)c3cccnc3)nc1)N2C1CC1. The molecule has 1 aliphatic carbocycles. The zero-order valence-electron chi connectivity index (χ0n) is 19.0. The lowest BCUT2D eigenvalue weighted by atomic mass is 10.1. The van der Waals surface area contributed by atoms with E-state index in [9.17, 15) is 14.4 Å². The molecule has 3 N–H and O–H groups in total. The minimum absolute atomic E-state index is 0.166. The summed E-state index contributed by atoms with van der Waals surface area (Å²) in [5.41, 5.74) is 1.96. The van der Waals surface area contributed by atoms with Gasteiger partial charge in [-0.25, -0.2) is 4.79 Å². The van der Waals surface area contributed by atoms with Crippen molar-refractivity contribution < 1.29 is 4.79 Å². The number of anilines is 2. The highest BCUT2D eigenvalue weighted by atomic mass is 16.2. The fourth-order valence-corrected chi connectivity index (χ4v) is 4.35. The lowest BCUT2D eigenvalue weighted by molar-refractivity contribution is 0.0953. The molecule has 10 nitrogen and oxygen atoms in total. The molecule has 0 spiro atoms. The van der Waals surface area contributed by atoms with Gasteiger partial charge in [0.05, 0.1) is 5.56 Å². The number of aromatic amines is 1. The van der Waals surface area contributed by atoms with Crippen LogP contribution in [-0.2, 0) is 13.0 Å². The first kappa shape index (κ1) is 21.9. The molecule has 0 saturated heterocycles. The summed E-state index contributed by atoms with van der Waals surface area (Å²) in [6, 6.07) is 7.65. The number of carbonyl (C=O) groups excluding carboxylic acids is 1. The number of nitrogens with one attached hydrogen (secondary N) is 3. The van der Waals surface area contributed by atoms with Crippen molar-refractivity contribution in [2.24, 2.45) is 0 Å². The van der Waals surface area contributed by atoms with Crippen LogP contribution < -0.4 is 26.8 Å². The Hall–Kier alpha value is -3.95. The lowest BCUT2D eigenvalue weighted by Gasteiger charge is -2.28. The molecular formula is C24H27N7O3. The Balaban J connectivity index is 1.31. The molecule has 2 aliphatic rings. The van der Waals surface area contributed by atoms with Crippen molar-refractivity contribution in [1.29, 1.82) is 0 Å². The number of nitrogens with zero attached hydrogens (tertiary/aromatic N) is 4. The number of pyridine rings is 2. The summed E-state index contributed by atoms with van der Waals surface area (Å²) >= 11 is 0.